The highest BCUT2D eigenvalue weighted by Gasteiger charge is 2.62. The Hall–Kier alpha value is -6.05. The van der Waals surface area contributed by atoms with Crippen molar-refractivity contribution in [3.05, 3.63) is 71.8 Å². The molecule has 4 unspecified atom stereocenters. The molecule has 6 saturated heterocycles. The fourth-order valence-electron chi connectivity index (χ4n) is 21.4. The summed E-state index contributed by atoms with van der Waals surface area (Å²) in [5, 5.41) is 0. The molecule has 8 aliphatic rings. The van der Waals surface area contributed by atoms with E-state index in [1.165, 1.54) is 0 Å². The van der Waals surface area contributed by atoms with Crippen LogP contribution in [0.15, 0.2) is 60.7 Å². The second-order valence-corrected chi connectivity index (χ2v) is 55.4. The van der Waals surface area contributed by atoms with Crippen molar-refractivity contribution in [2.45, 2.75) is 360 Å². The number of carbonyl (C=O) groups excluding carboxylic acids is 8. The summed E-state index contributed by atoms with van der Waals surface area (Å²) in [7, 11) is 12.6. The number of ketones is 2. The van der Waals surface area contributed by atoms with Gasteiger partial charge < -0.3 is 95.7 Å². The summed E-state index contributed by atoms with van der Waals surface area (Å²) in [5.41, 5.74) is -4.38. The van der Waals surface area contributed by atoms with E-state index in [0.717, 1.165) is 48.9 Å². The van der Waals surface area contributed by atoms with Gasteiger partial charge in [-0.25, -0.2) is 14.4 Å². The fraction of sp³-hybridized carbons (Fsp3) is 0.802. The van der Waals surface area contributed by atoms with E-state index in [0.29, 0.717) is 77.9 Å². The van der Waals surface area contributed by atoms with Gasteiger partial charge in [-0.05, 0) is 197 Å². The number of carbonyl (C=O) groups is 8. The lowest BCUT2D eigenvalue weighted by molar-refractivity contribution is -0.284. The minimum Gasteiger partial charge on any atom is -0.458 e. The number of hydrogen-bond acceptors (Lipinski definition) is 26. The molecule has 0 N–H and O–H groups in total. The van der Waals surface area contributed by atoms with Crippen molar-refractivity contribution in [2.24, 2.45) is 52.8 Å². The first-order valence-corrected chi connectivity index (χ1v) is 56.5. The number of rotatable bonds is 30. The number of hydrogen-bond donors (Lipinski definition) is 0. The molecule has 31 heteroatoms. The highest BCUT2D eigenvalue weighted by atomic mass is 28.3. The van der Waals surface area contributed by atoms with Gasteiger partial charge in [-0.1, -0.05) is 155 Å². The van der Waals surface area contributed by atoms with Crippen LogP contribution in [0.1, 0.15) is 193 Å². The maximum Gasteiger partial charge on any atom is 0.412 e. The summed E-state index contributed by atoms with van der Waals surface area (Å²) in [5.74, 6) is -5.99. The Morgan fingerprint density at radius 2 is 0.985 bits per heavy atom. The molecule has 132 heavy (non-hydrogen) atoms. The number of fused-ring (bicyclic) bond motifs is 2. The van der Waals surface area contributed by atoms with Crippen LogP contribution in [-0.4, -0.2) is 321 Å². The van der Waals surface area contributed by atoms with Crippen molar-refractivity contribution < 1.29 is 105 Å². The van der Waals surface area contributed by atoms with Gasteiger partial charge in [-0.2, -0.15) is 0 Å². The van der Waals surface area contributed by atoms with Crippen molar-refractivity contribution in [3.63, 3.8) is 0 Å². The predicted molar refractivity (Wildman–Crippen MR) is 512 cm³/mol. The maximum absolute atomic E-state index is 15.6. The molecule has 0 radical (unpaired) electrons. The Balaban J connectivity index is 0.000000297. The highest BCUT2D eigenvalue weighted by molar-refractivity contribution is 6.76. The summed E-state index contributed by atoms with van der Waals surface area (Å²) < 4.78 is 90.6. The molecule has 6 heterocycles. The summed E-state index contributed by atoms with van der Waals surface area (Å²) in [4.78, 5) is 128. The first-order valence-electron chi connectivity index (χ1n) is 49.1. The molecule has 748 valence electrons. The van der Waals surface area contributed by atoms with E-state index in [1.54, 1.807) is 49.7 Å². The SMILES string of the molecule is CC[C@H]1OC(=O)C(C)(COCC[Si](C)(C)C)C(=O)[C@H](C)[C@@H](O[C@@H]2O[C@H](CN(C(=O)OCc3ccccc3)C3CC3)CC(N(C)C)[C@H]2C)[C@](C)(OC)C[C@@H](C)CN(C)[C@H](C)[C@H]2CC(=O)O[C@@]21C.CC[C@H]1OC(=O)C(C)C(=O)[C@H](C)[C@@H](O[C@@H]2O[C@H](CN(C(=O)OCc3ccccc3)C3CC3)CC(N(C)C)[C@H]2C)[C@](C)(OC)C[C@@H](C)CN(C)[C@H](C)[C@H]2N(COCC[Si](C)(C)C)C(=O)O[C@]12C. The lowest BCUT2D eigenvalue weighted by Gasteiger charge is -2.48. The quantitative estimate of drug-likeness (QED) is 0.0231. The normalized spacial score (nSPS) is 36.0. The van der Waals surface area contributed by atoms with Crippen molar-refractivity contribution in [2.75, 3.05) is 109 Å². The number of nitrogens with zero attached hydrogens (tertiary/aromatic N) is 7. The molecule has 10 rings (SSSR count). The van der Waals surface area contributed by atoms with Crippen LogP contribution >= 0.6 is 0 Å². The Morgan fingerprint density at radius 1 is 0.553 bits per heavy atom. The molecule has 26 atom stereocenters. The van der Waals surface area contributed by atoms with Crippen molar-refractivity contribution in [1.82, 2.24) is 34.3 Å². The smallest absolute Gasteiger partial charge is 0.412 e. The highest BCUT2D eigenvalue weighted by Crippen LogP contribution is 2.48. The van der Waals surface area contributed by atoms with Gasteiger partial charge in [0.1, 0.15) is 43.5 Å². The molecular weight excluding hydrogens is 1720 g/mol. The van der Waals surface area contributed by atoms with Crippen LogP contribution in [-0.2, 0) is 104 Å². The Kier molecular flexibility index (Phi) is 38.7. The third-order valence-electron chi connectivity index (χ3n) is 30.2. The van der Waals surface area contributed by atoms with Crippen LogP contribution in [0.5, 0.6) is 0 Å². The largest absolute Gasteiger partial charge is 0.458 e. The predicted octanol–water partition coefficient (Wildman–Crippen LogP) is 15.5. The number of esters is 3. The van der Waals surface area contributed by atoms with Crippen LogP contribution in [0, 0.1) is 52.8 Å². The third kappa shape index (κ3) is 27.5. The van der Waals surface area contributed by atoms with Crippen LogP contribution in [0.3, 0.4) is 0 Å². The third-order valence-corrected chi connectivity index (χ3v) is 33.6. The molecule has 2 aromatic rings. The average molecular weight is 1890 g/mol. The molecule has 0 aromatic heterocycles. The van der Waals surface area contributed by atoms with Gasteiger partial charge in [0.2, 0.25) is 0 Å². The molecule has 2 saturated carbocycles. The number of amides is 3. The average Bonchev–Trinajstić information content (AvgIpc) is 1.59. The number of benzene rings is 2. The monoisotopic (exact) mass is 1890 g/mol. The fourth-order valence-corrected chi connectivity index (χ4v) is 22.9. The van der Waals surface area contributed by atoms with E-state index in [-0.39, 0.29) is 129 Å². The molecule has 2 aliphatic carbocycles. The van der Waals surface area contributed by atoms with Gasteiger partial charge in [-0.3, -0.25) is 28.9 Å². The number of Topliss-reactive ketones (excluding diaryl/α,β-unsaturated/α-hetero) is 2. The van der Waals surface area contributed by atoms with Crippen LogP contribution in [0.4, 0.5) is 14.4 Å². The molecular formula is C101H169N7O22Si2. The molecule has 29 nitrogen and oxygen atoms in total. The summed E-state index contributed by atoms with van der Waals surface area (Å²) >= 11 is 0. The molecule has 6 aliphatic heterocycles. The second kappa shape index (κ2) is 46.6. The summed E-state index contributed by atoms with van der Waals surface area (Å²) in [6, 6.07) is 20.4. The van der Waals surface area contributed by atoms with Crippen molar-refractivity contribution in [3.8, 4) is 0 Å². The second-order valence-electron chi connectivity index (χ2n) is 44.2. The van der Waals surface area contributed by atoms with E-state index in [2.05, 4.69) is 107 Å². The standard InChI is InChI=1S/C51H85N3O11Si.C50H84N4O11Si/c1-16-42-51(8)40(27-43(55)65-51)36(5)53(11)29-33(2)28-50(7,59-12)45(35(4)44(56)49(6,47(57)63-42)32-60-24-25-66(13,14)15)64-46-34(3)41(52(9)10)26-39(62-46)30-54(38-22-23-38)48(58)61-31-37-20-18-17-19-21-37;1-16-41-50(8)43(54(48(58)65-50)31-60-24-25-66(13,14)15)36(6)52(11)28-32(2)27-49(7,59-12)44(34(4)42(55)35(5)45(56)63-41)64-46-33(3)40(51(9)10)26-39(62-46)29-53(38-22-23-38)47(57)61-30-37-20-18-17-19-21-37/h17-21,33-36,38-42,45-46H,16,22-32H2,1-15H3;17-21,32-36,38-41,43-44,46H,16,22-31H2,1-15H3/t33-,34-,35+,36-,39+,40-,41?,42-,45-,46+,49?,50-,51+;32-,33-,34+,35?,36-,39+,40?,41-,43-,44-,46+,49-,50-/m11/s1. The van der Waals surface area contributed by atoms with E-state index < -0.39 is 135 Å². The lowest BCUT2D eigenvalue weighted by Crippen LogP contribution is -2.61. The van der Waals surface area contributed by atoms with E-state index >= 15 is 4.79 Å². The number of likely N-dealkylation sites (N-methyl/N-ethyl adjacent to an activating group) is 1. The van der Waals surface area contributed by atoms with Gasteiger partial charge in [0.25, 0.3) is 0 Å². The van der Waals surface area contributed by atoms with Crippen LogP contribution in [0.2, 0.25) is 51.4 Å². The zero-order chi connectivity index (χ0) is 97.8. The molecule has 2 aromatic carbocycles. The minimum absolute atomic E-state index is 0.00454. The van der Waals surface area contributed by atoms with Gasteiger partial charge in [-0.15, -0.1) is 0 Å². The topological polar surface area (TPSA) is 288 Å². The molecule has 8 fully saturated rings. The summed E-state index contributed by atoms with van der Waals surface area (Å²) in [6.45, 7) is 47.6. The Morgan fingerprint density at radius 3 is 1.41 bits per heavy atom. The minimum atomic E-state index is -1.76. The lowest BCUT2D eigenvalue weighted by atomic mass is 9.73. The summed E-state index contributed by atoms with van der Waals surface area (Å²) in [6.07, 6.45) is -0.282. The van der Waals surface area contributed by atoms with Gasteiger partial charge in [0.15, 0.2) is 35.3 Å². The number of cyclic esters (lactones) is 2. The molecule has 0 spiro atoms. The van der Waals surface area contributed by atoms with Gasteiger partial charge in [0.05, 0.1) is 67.8 Å². The first-order chi connectivity index (χ1) is 61.8. The molecule has 3 amide bonds. The van der Waals surface area contributed by atoms with Gasteiger partial charge in [0, 0.05) is 123 Å². The maximum atomic E-state index is 15.6. The Labute approximate surface area is 792 Å². The van der Waals surface area contributed by atoms with Crippen LogP contribution in [0.25, 0.3) is 0 Å². The first kappa shape index (κ1) is 110. The molecule has 0 bridgehead atoms. The van der Waals surface area contributed by atoms with Crippen LogP contribution < -0.4 is 0 Å². The van der Waals surface area contributed by atoms with Crippen molar-refractivity contribution in [1.29, 1.82) is 0 Å². The van der Waals surface area contributed by atoms with E-state index in [4.69, 9.17) is 66.3 Å². The zero-order valence-electron chi connectivity index (χ0n) is 85.9. The zero-order valence-corrected chi connectivity index (χ0v) is 87.9. The van der Waals surface area contributed by atoms with Crippen molar-refractivity contribution >= 4 is 63.9 Å². The number of ether oxygens (including phenoxy) is 14. The Bertz CT molecular complexity index is 4080. The van der Waals surface area contributed by atoms with E-state index in [1.807, 2.05) is 144 Å². The number of methoxy groups -OCH3 is 2. The van der Waals surface area contributed by atoms with E-state index in [9.17, 15) is 33.6 Å². The van der Waals surface area contributed by atoms with Gasteiger partial charge >= 0.3 is 36.2 Å².